The van der Waals surface area contributed by atoms with Crippen LogP contribution in [0, 0.1) is 0 Å². The van der Waals surface area contributed by atoms with Gasteiger partial charge in [-0.1, -0.05) is 30.3 Å². The minimum absolute atomic E-state index is 0.371. The smallest absolute Gasteiger partial charge is 0.238 e. The van der Waals surface area contributed by atoms with Crippen LogP contribution in [0.25, 0.3) is 0 Å². The average Bonchev–Trinajstić information content (AvgIpc) is 2.78. The number of hydrogen-bond acceptors (Lipinski definition) is 4. The number of rotatable bonds is 4. The summed E-state index contributed by atoms with van der Waals surface area (Å²) in [5, 5.41) is 7.51. The number of nitrogens with zero attached hydrogens (tertiary/aromatic N) is 2. The standard InChI is InChI=1S/C11H11ClN2OS/c1-16-7-9-13-14-11(15-9)10(12)8-5-3-2-4-6-8/h2-6,10H,7H2,1H3. The monoisotopic (exact) mass is 254 g/mol. The van der Waals surface area contributed by atoms with E-state index >= 15 is 0 Å². The molecule has 0 fully saturated rings. The minimum atomic E-state index is -0.371. The maximum atomic E-state index is 6.24. The van der Waals surface area contributed by atoms with Crippen LogP contribution >= 0.6 is 23.4 Å². The Bertz CT molecular complexity index is 446. The first kappa shape index (κ1) is 11.5. The molecule has 1 heterocycles. The SMILES string of the molecule is CSCc1nnc(C(Cl)c2ccccc2)o1. The summed E-state index contributed by atoms with van der Waals surface area (Å²) in [4.78, 5) is 0. The predicted octanol–water partition coefficient (Wildman–Crippen LogP) is 3.26. The van der Waals surface area contributed by atoms with E-state index in [0.717, 1.165) is 5.56 Å². The van der Waals surface area contributed by atoms with Gasteiger partial charge in [-0.05, 0) is 11.8 Å². The maximum absolute atomic E-state index is 6.24. The quantitative estimate of drug-likeness (QED) is 0.785. The van der Waals surface area contributed by atoms with Crippen molar-refractivity contribution in [1.82, 2.24) is 10.2 Å². The zero-order chi connectivity index (χ0) is 11.4. The highest BCUT2D eigenvalue weighted by atomic mass is 35.5. The lowest BCUT2D eigenvalue weighted by molar-refractivity contribution is 0.470. The van der Waals surface area contributed by atoms with Gasteiger partial charge >= 0.3 is 0 Å². The zero-order valence-corrected chi connectivity index (χ0v) is 10.3. The molecule has 0 radical (unpaired) electrons. The van der Waals surface area contributed by atoms with Crippen molar-refractivity contribution in [3.63, 3.8) is 0 Å². The largest absolute Gasteiger partial charge is 0.422 e. The summed E-state index contributed by atoms with van der Waals surface area (Å²) in [6.45, 7) is 0. The molecule has 0 saturated heterocycles. The van der Waals surface area contributed by atoms with Crippen molar-refractivity contribution in [2.75, 3.05) is 6.26 Å². The third kappa shape index (κ3) is 2.57. The molecule has 0 aliphatic carbocycles. The van der Waals surface area contributed by atoms with E-state index < -0.39 is 0 Å². The molecule has 16 heavy (non-hydrogen) atoms. The van der Waals surface area contributed by atoms with Crippen molar-refractivity contribution >= 4 is 23.4 Å². The van der Waals surface area contributed by atoms with Crippen molar-refractivity contribution in [2.45, 2.75) is 11.1 Å². The van der Waals surface area contributed by atoms with E-state index in [1.54, 1.807) is 11.8 Å². The Morgan fingerprint density at radius 3 is 2.75 bits per heavy atom. The Hall–Kier alpha value is -1.00. The third-order valence-corrected chi connectivity index (χ3v) is 3.03. The lowest BCUT2D eigenvalue weighted by Crippen LogP contribution is -1.92. The molecule has 0 aliphatic rings. The van der Waals surface area contributed by atoms with Crippen molar-refractivity contribution in [3.05, 3.63) is 47.7 Å². The molecule has 0 spiro atoms. The normalized spacial score (nSPS) is 12.6. The third-order valence-electron chi connectivity index (χ3n) is 2.06. The Morgan fingerprint density at radius 1 is 1.31 bits per heavy atom. The van der Waals surface area contributed by atoms with Crippen LogP contribution in [-0.2, 0) is 5.75 Å². The van der Waals surface area contributed by atoms with Gasteiger partial charge < -0.3 is 4.42 Å². The van der Waals surface area contributed by atoms with Gasteiger partial charge in [0.25, 0.3) is 0 Å². The molecule has 84 valence electrons. The summed E-state index contributed by atoms with van der Waals surface area (Å²) in [6, 6.07) is 9.69. The van der Waals surface area contributed by atoms with E-state index in [4.69, 9.17) is 16.0 Å². The number of alkyl halides is 1. The summed E-state index contributed by atoms with van der Waals surface area (Å²) < 4.78 is 5.47. The molecule has 2 aromatic rings. The van der Waals surface area contributed by atoms with Gasteiger partial charge in [-0.3, -0.25) is 0 Å². The van der Waals surface area contributed by atoms with Gasteiger partial charge in [-0.15, -0.1) is 21.8 Å². The van der Waals surface area contributed by atoms with Crippen LogP contribution in [0.2, 0.25) is 0 Å². The summed E-state index contributed by atoms with van der Waals surface area (Å²) in [5.74, 6) is 1.78. The van der Waals surface area contributed by atoms with Crippen molar-refractivity contribution in [1.29, 1.82) is 0 Å². The van der Waals surface area contributed by atoms with Gasteiger partial charge in [0.05, 0.1) is 5.75 Å². The summed E-state index contributed by atoms with van der Waals surface area (Å²) in [7, 11) is 0. The Kier molecular flexibility index (Phi) is 3.85. The van der Waals surface area contributed by atoms with E-state index in [9.17, 15) is 0 Å². The predicted molar refractivity (Wildman–Crippen MR) is 65.7 cm³/mol. The fraction of sp³-hybridized carbons (Fsp3) is 0.273. The van der Waals surface area contributed by atoms with E-state index in [-0.39, 0.29) is 5.38 Å². The highest BCUT2D eigenvalue weighted by Gasteiger charge is 2.17. The van der Waals surface area contributed by atoms with Crippen molar-refractivity contribution in [3.8, 4) is 0 Å². The lowest BCUT2D eigenvalue weighted by atomic mass is 10.1. The molecule has 2 rings (SSSR count). The second kappa shape index (κ2) is 5.37. The highest BCUT2D eigenvalue weighted by molar-refractivity contribution is 7.97. The van der Waals surface area contributed by atoms with Gasteiger partial charge in [0, 0.05) is 0 Å². The molecule has 0 aliphatic heterocycles. The Morgan fingerprint density at radius 2 is 2.06 bits per heavy atom. The van der Waals surface area contributed by atoms with Crippen LogP contribution in [0.1, 0.15) is 22.7 Å². The number of benzene rings is 1. The summed E-state index contributed by atoms with van der Waals surface area (Å²) in [5.41, 5.74) is 0.962. The van der Waals surface area contributed by atoms with Crippen LogP contribution in [0.5, 0.6) is 0 Å². The molecule has 0 bridgehead atoms. The van der Waals surface area contributed by atoms with Gasteiger partial charge in [0.1, 0.15) is 5.38 Å². The summed E-state index contributed by atoms with van der Waals surface area (Å²) >= 11 is 7.88. The van der Waals surface area contributed by atoms with Crippen molar-refractivity contribution < 1.29 is 4.42 Å². The van der Waals surface area contributed by atoms with Crippen LogP contribution in [0.4, 0.5) is 0 Å². The lowest BCUT2D eigenvalue weighted by Gasteiger charge is -2.03. The van der Waals surface area contributed by atoms with Gasteiger partial charge in [0.15, 0.2) is 0 Å². The maximum Gasteiger partial charge on any atom is 0.238 e. The van der Waals surface area contributed by atoms with E-state index in [2.05, 4.69) is 10.2 Å². The second-order valence-corrected chi connectivity index (χ2v) is 4.54. The molecule has 0 saturated carbocycles. The first-order valence-corrected chi connectivity index (χ1v) is 6.64. The van der Waals surface area contributed by atoms with Crippen LogP contribution in [0.3, 0.4) is 0 Å². The van der Waals surface area contributed by atoms with Gasteiger partial charge in [-0.2, -0.15) is 11.8 Å². The van der Waals surface area contributed by atoms with Gasteiger partial charge in [-0.25, -0.2) is 0 Å². The zero-order valence-electron chi connectivity index (χ0n) is 8.76. The van der Waals surface area contributed by atoms with Crippen LogP contribution < -0.4 is 0 Å². The molecule has 0 amide bonds. The fourth-order valence-corrected chi connectivity index (χ4v) is 1.91. The molecule has 5 heteroatoms. The van der Waals surface area contributed by atoms with Gasteiger partial charge in [0.2, 0.25) is 11.8 Å². The number of thioether (sulfide) groups is 1. The van der Waals surface area contributed by atoms with Crippen LogP contribution in [0.15, 0.2) is 34.7 Å². The Balaban J connectivity index is 2.17. The molecular formula is C11H11ClN2OS. The number of hydrogen-bond donors (Lipinski definition) is 0. The molecule has 1 atom stereocenters. The van der Waals surface area contributed by atoms with Crippen molar-refractivity contribution in [2.24, 2.45) is 0 Å². The van der Waals surface area contributed by atoms with E-state index in [0.29, 0.717) is 17.5 Å². The molecule has 1 unspecified atom stereocenters. The molecule has 0 N–H and O–H groups in total. The van der Waals surface area contributed by atoms with E-state index in [1.165, 1.54) is 0 Å². The van der Waals surface area contributed by atoms with E-state index in [1.807, 2.05) is 36.6 Å². The highest BCUT2D eigenvalue weighted by Crippen LogP contribution is 2.27. The molecule has 1 aromatic carbocycles. The fourth-order valence-electron chi connectivity index (χ4n) is 1.32. The molecular weight excluding hydrogens is 244 g/mol. The molecule has 1 aromatic heterocycles. The first-order valence-electron chi connectivity index (χ1n) is 4.81. The topological polar surface area (TPSA) is 38.9 Å². The number of halogens is 1. The first-order chi connectivity index (χ1) is 7.81. The minimum Gasteiger partial charge on any atom is -0.422 e. The summed E-state index contributed by atoms with van der Waals surface area (Å²) in [6.07, 6.45) is 1.99. The number of aromatic nitrogens is 2. The second-order valence-electron chi connectivity index (χ2n) is 3.24. The molecule has 3 nitrogen and oxygen atoms in total. The average molecular weight is 255 g/mol. The Labute approximate surface area is 103 Å². The van der Waals surface area contributed by atoms with Crippen LogP contribution in [-0.4, -0.2) is 16.5 Å².